The van der Waals surface area contributed by atoms with Crippen LogP contribution in [0.15, 0.2) is 18.2 Å². The summed E-state index contributed by atoms with van der Waals surface area (Å²) in [7, 11) is 0. The lowest BCUT2D eigenvalue weighted by molar-refractivity contribution is 0.0497. The van der Waals surface area contributed by atoms with E-state index in [9.17, 15) is 4.79 Å². The number of unbranched alkanes of at least 4 members (excludes halogenated alkanes) is 4. The van der Waals surface area contributed by atoms with Crippen molar-refractivity contribution in [2.45, 2.75) is 51.9 Å². The highest BCUT2D eigenvalue weighted by Gasteiger charge is 2.13. The van der Waals surface area contributed by atoms with Crippen LogP contribution in [-0.4, -0.2) is 19.1 Å². The van der Waals surface area contributed by atoms with Gasteiger partial charge in [-0.05, 0) is 43.0 Å². The van der Waals surface area contributed by atoms with E-state index in [1.807, 2.05) is 18.2 Å². The lowest BCUT2D eigenvalue weighted by Crippen LogP contribution is -2.13. The third-order valence-electron chi connectivity index (χ3n) is 3.76. The van der Waals surface area contributed by atoms with Crippen molar-refractivity contribution in [3.8, 4) is 0 Å². The van der Waals surface area contributed by atoms with E-state index < -0.39 is 0 Å². The van der Waals surface area contributed by atoms with Crippen molar-refractivity contribution in [1.29, 1.82) is 0 Å². The van der Waals surface area contributed by atoms with Gasteiger partial charge in [-0.25, -0.2) is 4.79 Å². The molecule has 20 heavy (non-hydrogen) atoms. The Labute approximate surface area is 121 Å². The summed E-state index contributed by atoms with van der Waals surface area (Å²) in [6.07, 6.45) is 8.03. The molecule has 0 radical (unpaired) electrons. The minimum absolute atomic E-state index is 0.186. The lowest BCUT2D eigenvalue weighted by Gasteiger charge is -2.18. The second kappa shape index (κ2) is 7.93. The molecule has 1 heterocycles. The molecule has 0 aliphatic carbocycles. The molecule has 0 fully saturated rings. The Kier molecular flexibility index (Phi) is 5.90. The minimum atomic E-state index is -0.186. The summed E-state index contributed by atoms with van der Waals surface area (Å²) in [5, 5.41) is 3.35. The number of rotatable bonds is 7. The second-order valence-electron chi connectivity index (χ2n) is 5.45. The summed E-state index contributed by atoms with van der Waals surface area (Å²) in [4.78, 5) is 12.0. The van der Waals surface area contributed by atoms with Gasteiger partial charge in [0.25, 0.3) is 0 Å². The minimum Gasteiger partial charge on any atom is -0.462 e. The maximum Gasteiger partial charge on any atom is 0.338 e. The Morgan fingerprint density at radius 1 is 1.25 bits per heavy atom. The Morgan fingerprint density at radius 3 is 2.95 bits per heavy atom. The van der Waals surface area contributed by atoms with Gasteiger partial charge in [0.05, 0.1) is 12.2 Å². The van der Waals surface area contributed by atoms with Crippen LogP contribution < -0.4 is 5.32 Å². The molecule has 3 heteroatoms. The fraction of sp³-hybridized carbons (Fsp3) is 0.588. The molecule has 1 aliphatic rings. The van der Waals surface area contributed by atoms with Crippen LogP contribution >= 0.6 is 0 Å². The first kappa shape index (κ1) is 14.9. The van der Waals surface area contributed by atoms with Gasteiger partial charge in [-0.1, -0.05) is 32.6 Å². The van der Waals surface area contributed by atoms with Crippen molar-refractivity contribution in [3.05, 3.63) is 29.3 Å². The van der Waals surface area contributed by atoms with E-state index in [0.29, 0.717) is 12.2 Å². The van der Waals surface area contributed by atoms with E-state index in [-0.39, 0.29) is 5.97 Å². The topological polar surface area (TPSA) is 38.3 Å². The number of hydrogen-bond donors (Lipinski definition) is 1. The summed E-state index contributed by atoms with van der Waals surface area (Å²) in [6.45, 7) is 3.76. The zero-order chi connectivity index (χ0) is 14.2. The van der Waals surface area contributed by atoms with Crippen LogP contribution in [0.5, 0.6) is 0 Å². The Balaban J connectivity index is 1.77. The highest BCUT2D eigenvalue weighted by atomic mass is 16.5. The standard InChI is InChI=1S/C17H25NO2/c1-2-3-4-5-6-12-20-17(19)15-9-10-16-14(13-15)8-7-11-18-16/h9-10,13,18H,2-8,11-12H2,1H3. The predicted molar refractivity (Wildman–Crippen MR) is 82.3 cm³/mol. The molecule has 0 aromatic heterocycles. The van der Waals surface area contributed by atoms with Gasteiger partial charge in [0.1, 0.15) is 0 Å². The molecule has 0 atom stereocenters. The molecule has 1 aromatic carbocycles. The number of hydrogen-bond acceptors (Lipinski definition) is 3. The van der Waals surface area contributed by atoms with E-state index >= 15 is 0 Å². The molecule has 1 aromatic rings. The van der Waals surface area contributed by atoms with Gasteiger partial charge >= 0.3 is 5.97 Å². The van der Waals surface area contributed by atoms with Crippen LogP contribution in [0.2, 0.25) is 0 Å². The molecule has 110 valence electrons. The van der Waals surface area contributed by atoms with Crippen molar-refractivity contribution in [3.63, 3.8) is 0 Å². The molecule has 0 unspecified atom stereocenters. The van der Waals surface area contributed by atoms with Gasteiger partial charge in [0.2, 0.25) is 0 Å². The molecular formula is C17H25NO2. The fourth-order valence-electron chi connectivity index (χ4n) is 2.56. The SMILES string of the molecule is CCCCCCCOC(=O)c1ccc2c(c1)CCCN2. The maximum atomic E-state index is 12.0. The number of esters is 1. The zero-order valence-electron chi connectivity index (χ0n) is 12.4. The Bertz CT molecular complexity index is 443. The van der Waals surface area contributed by atoms with Gasteiger partial charge in [0.15, 0.2) is 0 Å². The molecule has 3 nitrogen and oxygen atoms in total. The largest absolute Gasteiger partial charge is 0.462 e. The Hall–Kier alpha value is -1.51. The van der Waals surface area contributed by atoms with Crippen LogP contribution in [-0.2, 0) is 11.2 Å². The third kappa shape index (κ3) is 4.26. The van der Waals surface area contributed by atoms with Crippen molar-refractivity contribution in [2.24, 2.45) is 0 Å². The number of carbonyl (C=O) groups is 1. The fourth-order valence-corrected chi connectivity index (χ4v) is 2.56. The molecular weight excluding hydrogens is 250 g/mol. The van der Waals surface area contributed by atoms with Crippen LogP contribution in [0.1, 0.15) is 61.4 Å². The molecule has 0 bridgehead atoms. The number of benzene rings is 1. The van der Waals surface area contributed by atoms with E-state index in [1.54, 1.807) is 0 Å². The number of aryl methyl sites for hydroxylation is 1. The van der Waals surface area contributed by atoms with Crippen molar-refractivity contribution < 1.29 is 9.53 Å². The number of nitrogens with one attached hydrogen (secondary N) is 1. The van der Waals surface area contributed by atoms with Crippen LogP contribution in [0.25, 0.3) is 0 Å². The average molecular weight is 275 g/mol. The number of anilines is 1. The molecule has 0 amide bonds. The highest BCUT2D eigenvalue weighted by Crippen LogP contribution is 2.23. The van der Waals surface area contributed by atoms with E-state index in [0.717, 1.165) is 37.9 Å². The smallest absolute Gasteiger partial charge is 0.338 e. The molecule has 1 aliphatic heterocycles. The normalized spacial score (nSPS) is 13.4. The average Bonchev–Trinajstić information content (AvgIpc) is 2.50. The summed E-state index contributed by atoms with van der Waals surface area (Å²) in [5.41, 5.74) is 3.07. The lowest BCUT2D eigenvalue weighted by atomic mass is 10.0. The summed E-state index contributed by atoms with van der Waals surface area (Å²) < 4.78 is 5.34. The van der Waals surface area contributed by atoms with Crippen molar-refractivity contribution in [1.82, 2.24) is 0 Å². The summed E-state index contributed by atoms with van der Waals surface area (Å²) in [5.74, 6) is -0.186. The molecule has 1 N–H and O–H groups in total. The molecule has 0 saturated carbocycles. The molecule has 0 saturated heterocycles. The first-order chi connectivity index (χ1) is 9.81. The second-order valence-corrected chi connectivity index (χ2v) is 5.45. The maximum absolute atomic E-state index is 12.0. The number of carbonyl (C=O) groups excluding carboxylic acids is 1. The van der Waals surface area contributed by atoms with Gasteiger partial charge < -0.3 is 10.1 Å². The van der Waals surface area contributed by atoms with Crippen LogP contribution in [0.4, 0.5) is 5.69 Å². The highest BCUT2D eigenvalue weighted by molar-refractivity contribution is 5.90. The Morgan fingerprint density at radius 2 is 2.10 bits per heavy atom. The molecule has 2 rings (SSSR count). The van der Waals surface area contributed by atoms with Crippen molar-refractivity contribution >= 4 is 11.7 Å². The third-order valence-corrected chi connectivity index (χ3v) is 3.76. The van der Waals surface area contributed by atoms with Gasteiger partial charge in [-0.2, -0.15) is 0 Å². The summed E-state index contributed by atoms with van der Waals surface area (Å²) in [6, 6.07) is 5.82. The summed E-state index contributed by atoms with van der Waals surface area (Å²) >= 11 is 0. The number of ether oxygens (including phenoxy) is 1. The predicted octanol–water partition coefficient (Wildman–Crippen LogP) is 4.17. The first-order valence-corrected chi connectivity index (χ1v) is 7.85. The zero-order valence-corrected chi connectivity index (χ0v) is 12.4. The molecule has 0 spiro atoms. The van der Waals surface area contributed by atoms with E-state index in [4.69, 9.17) is 4.74 Å². The monoisotopic (exact) mass is 275 g/mol. The van der Waals surface area contributed by atoms with Crippen molar-refractivity contribution in [2.75, 3.05) is 18.5 Å². The van der Waals surface area contributed by atoms with Crippen LogP contribution in [0, 0.1) is 0 Å². The first-order valence-electron chi connectivity index (χ1n) is 7.85. The van der Waals surface area contributed by atoms with Gasteiger partial charge in [-0.15, -0.1) is 0 Å². The van der Waals surface area contributed by atoms with Gasteiger partial charge in [0, 0.05) is 12.2 Å². The van der Waals surface area contributed by atoms with Gasteiger partial charge in [-0.3, -0.25) is 0 Å². The number of fused-ring (bicyclic) bond motifs is 1. The van der Waals surface area contributed by atoms with E-state index in [2.05, 4.69) is 12.2 Å². The van der Waals surface area contributed by atoms with Crippen LogP contribution in [0.3, 0.4) is 0 Å². The van der Waals surface area contributed by atoms with E-state index in [1.165, 1.54) is 24.8 Å². The quantitative estimate of drug-likeness (QED) is 0.599.